The van der Waals surface area contributed by atoms with Crippen LogP contribution in [-0.4, -0.2) is 44.4 Å². The molecule has 0 spiro atoms. The molecule has 3 atom stereocenters. The van der Waals surface area contributed by atoms with Gasteiger partial charge in [0.25, 0.3) is 5.91 Å². The summed E-state index contributed by atoms with van der Waals surface area (Å²) in [7, 11) is 0. The molecule has 0 radical (unpaired) electrons. The molecule has 176 valence electrons. The van der Waals surface area contributed by atoms with Gasteiger partial charge in [0, 0.05) is 31.2 Å². The van der Waals surface area contributed by atoms with Gasteiger partial charge in [-0.3, -0.25) is 4.79 Å². The monoisotopic (exact) mass is 475 g/mol. The largest absolute Gasteiger partial charge is 0.417 e. The third-order valence-corrected chi connectivity index (χ3v) is 6.27. The minimum atomic E-state index is -4.70. The predicted octanol–water partition coefficient (Wildman–Crippen LogP) is 4.55. The fourth-order valence-electron chi connectivity index (χ4n) is 4.80. The van der Waals surface area contributed by atoms with E-state index in [-0.39, 0.29) is 34.7 Å². The van der Waals surface area contributed by atoms with Crippen LogP contribution in [0.2, 0.25) is 0 Å². The third kappa shape index (κ3) is 3.95. The second-order valence-electron chi connectivity index (χ2n) is 8.40. The molecule has 1 amide bonds. The Morgan fingerprint density at radius 3 is 2.47 bits per heavy atom. The fraction of sp³-hybridized carbons (Fsp3) is 0.304. The summed E-state index contributed by atoms with van der Waals surface area (Å²) in [5.41, 5.74) is -1.07. The zero-order valence-electron chi connectivity index (χ0n) is 17.6. The molecule has 2 fully saturated rings. The summed E-state index contributed by atoms with van der Waals surface area (Å²) in [6, 6.07) is 5.37. The zero-order chi connectivity index (χ0) is 24.0. The van der Waals surface area contributed by atoms with E-state index < -0.39 is 35.3 Å². The molecule has 34 heavy (non-hydrogen) atoms. The van der Waals surface area contributed by atoms with E-state index in [1.165, 1.54) is 30.6 Å². The summed E-state index contributed by atoms with van der Waals surface area (Å²) in [5.74, 6) is -2.27. The number of piperidine rings is 1. The third-order valence-electron chi connectivity index (χ3n) is 6.27. The maximum Gasteiger partial charge on any atom is 0.417 e. The molecule has 1 aliphatic heterocycles. The Hall–Kier alpha value is -3.63. The molecule has 2 aromatic heterocycles. The van der Waals surface area contributed by atoms with Crippen LogP contribution in [0.25, 0.3) is 11.4 Å². The van der Waals surface area contributed by atoms with E-state index >= 15 is 0 Å². The second-order valence-corrected chi connectivity index (χ2v) is 8.40. The Bertz CT molecular complexity index is 1240. The second kappa shape index (κ2) is 8.30. The van der Waals surface area contributed by atoms with Crippen LogP contribution >= 0.6 is 0 Å². The van der Waals surface area contributed by atoms with E-state index in [4.69, 9.17) is 0 Å². The number of nitrogens with zero attached hydrogens (tertiary/aromatic N) is 4. The number of nitrogens with one attached hydrogen (secondary N) is 1. The van der Waals surface area contributed by atoms with E-state index in [0.29, 0.717) is 31.6 Å². The van der Waals surface area contributed by atoms with Crippen molar-refractivity contribution < 1.29 is 26.7 Å². The van der Waals surface area contributed by atoms with Crippen molar-refractivity contribution >= 4 is 11.7 Å². The Kier molecular flexibility index (Phi) is 5.41. The highest BCUT2D eigenvalue weighted by molar-refractivity contribution is 6.00. The minimum Gasteiger partial charge on any atom is -0.363 e. The maximum atomic E-state index is 14.7. The lowest BCUT2D eigenvalue weighted by atomic mass is 10.0. The Labute approximate surface area is 190 Å². The van der Waals surface area contributed by atoms with Crippen LogP contribution in [0.15, 0.2) is 48.9 Å². The molecular formula is C23H18F5N5O. The van der Waals surface area contributed by atoms with E-state index in [2.05, 4.69) is 20.3 Å². The molecule has 1 aliphatic carbocycles. The Morgan fingerprint density at radius 2 is 1.79 bits per heavy atom. The fourth-order valence-corrected chi connectivity index (χ4v) is 4.80. The van der Waals surface area contributed by atoms with Gasteiger partial charge in [-0.15, -0.1) is 0 Å². The van der Waals surface area contributed by atoms with Crippen molar-refractivity contribution in [3.63, 3.8) is 0 Å². The number of hydrogen-bond donors (Lipinski definition) is 1. The van der Waals surface area contributed by atoms with Gasteiger partial charge in [-0.25, -0.2) is 23.7 Å². The predicted molar refractivity (Wildman–Crippen MR) is 112 cm³/mol. The number of alkyl halides is 3. The van der Waals surface area contributed by atoms with Crippen LogP contribution in [0.5, 0.6) is 0 Å². The number of hydrogen-bond acceptors (Lipinski definition) is 5. The van der Waals surface area contributed by atoms with Gasteiger partial charge in [-0.05, 0) is 43.0 Å². The van der Waals surface area contributed by atoms with Gasteiger partial charge in [0.1, 0.15) is 5.82 Å². The number of likely N-dealkylation sites (tertiary alicyclic amines) is 1. The van der Waals surface area contributed by atoms with Gasteiger partial charge in [-0.1, -0.05) is 6.07 Å². The number of aromatic nitrogens is 3. The van der Waals surface area contributed by atoms with E-state index in [0.717, 1.165) is 0 Å². The molecule has 3 heterocycles. The van der Waals surface area contributed by atoms with Crippen LogP contribution in [-0.2, 0) is 6.18 Å². The molecule has 1 N–H and O–H groups in total. The van der Waals surface area contributed by atoms with Crippen LogP contribution in [0.4, 0.5) is 27.8 Å². The topological polar surface area (TPSA) is 71.0 Å². The summed E-state index contributed by atoms with van der Waals surface area (Å²) in [6.45, 7) is 0.441. The average molecular weight is 475 g/mol. The van der Waals surface area contributed by atoms with E-state index in [1.54, 1.807) is 11.0 Å². The van der Waals surface area contributed by atoms with Crippen LogP contribution in [0.1, 0.15) is 28.8 Å². The van der Waals surface area contributed by atoms with Crippen molar-refractivity contribution in [2.75, 3.05) is 11.9 Å². The lowest BCUT2D eigenvalue weighted by Gasteiger charge is -2.34. The summed E-state index contributed by atoms with van der Waals surface area (Å²) < 4.78 is 67.4. The van der Waals surface area contributed by atoms with Crippen molar-refractivity contribution in [3.05, 3.63) is 71.7 Å². The first-order chi connectivity index (χ1) is 16.2. The number of halogens is 5. The molecule has 2 bridgehead atoms. The van der Waals surface area contributed by atoms with Crippen molar-refractivity contribution in [2.24, 2.45) is 5.92 Å². The summed E-state index contributed by atoms with van der Waals surface area (Å²) in [5, 5.41) is 2.87. The number of fused-ring (bicyclic) bond motifs is 2. The van der Waals surface area contributed by atoms with Crippen molar-refractivity contribution in [2.45, 2.75) is 31.1 Å². The van der Waals surface area contributed by atoms with Crippen molar-refractivity contribution in [1.29, 1.82) is 0 Å². The molecule has 2 aliphatic rings. The number of carbonyl (C=O) groups excluding carboxylic acids is 1. The molecule has 1 saturated heterocycles. The van der Waals surface area contributed by atoms with Gasteiger partial charge in [0.2, 0.25) is 0 Å². The molecule has 1 aromatic carbocycles. The van der Waals surface area contributed by atoms with Crippen molar-refractivity contribution in [3.8, 4) is 11.4 Å². The first kappa shape index (κ1) is 22.2. The normalized spacial score (nSPS) is 21.7. The average Bonchev–Trinajstić information content (AvgIpc) is 3.40. The highest BCUT2D eigenvalue weighted by Gasteiger charge is 2.48. The molecule has 3 aromatic rings. The van der Waals surface area contributed by atoms with Crippen LogP contribution < -0.4 is 5.32 Å². The van der Waals surface area contributed by atoms with Gasteiger partial charge < -0.3 is 10.2 Å². The molecule has 0 unspecified atom stereocenters. The number of anilines is 1. The minimum absolute atomic E-state index is 0.00386. The summed E-state index contributed by atoms with van der Waals surface area (Å²) >= 11 is 0. The first-order valence-corrected chi connectivity index (χ1v) is 10.6. The Morgan fingerprint density at radius 1 is 1.03 bits per heavy atom. The first-order valence-electron chi connectivity index (χ1n) is 10.6. The van der Waals surface area contributed by atoms with Gasteiger partial charge in [0.15, 0.2) is 17.5 Å². The summed E-state index contributed by atoms with van der Waals surface area (Å²) in [6.07, 6.45) is 0.0128. The highest BCUT2D eigenvalue weighted by Crippen LogP contribution is 2.41. The van der Waals surface area contributed by atoms with Crippen LogP contribution in [0.3, 0.4) is 0 Å². The molecule has 5 rings (SSSR count). The molecular weight excluding hydrogens is 457 g/mol. The standard InChI is InChI=1S/C23H18F5N5O/c24-15-4-1-3-14(19(15)21-29-5-2-6-30-21)22(34)33-11-12-7-17(18(33)8-12)32-20-16(25)9-13(10-31-20)23(26,27)28/h1-6,9-10,12,17-18H,7-8,11H2,(H,31,32)/t12-,17-,18+/m1/s1. The van der Waals surface area contributed by atoms with Crippen molar-refractivity contribution in [1.82, 2.24) is 19.9 Å². The number of amides is 1. The maximum absolute atomic E-state index is 14.7. The Balaban J connectivity index is 1.40. The van der Waals surface area contributed by atoms with Gasteiger partial charge >= 0.3 is 6.18 Å². The van der Waals surface area contributed by atoms with Gasteiger partial charge in [0.05, 0.1) is 22.7 Å². The highest BCUT2D eigenvalue weighted by atomic mass is 19.4. The van der Waals surface area contributed by atoms with Crippen LogP contribution in [0, 0.1) is 17.6 Å². The number of carbonyl (C=O) groups is 1. The lowest BCUT2D eigenvalue weighted by Crippen LogP contribution is -2.48. The lowest BCUT2D eigenvalue weighted by molar-refractivity contribution is -0.138. The molecule has 1 saturated carbocycles. The smallest absolute Gasteiger partial charge is 0.363 e. The molecule has 6 nitrogen and oxygen atoms in total. The molecule has 11 heteroatoms. The zero-order valence-corrected chi connectivity index (χ0v) is 17.6. The van der Waals surface area contributed by atoms with E-state index in [1.807, 2.05) is 0 Å². The number of benzene rings is 1. The number of pyridine rings is 1. The summed E-state index contributed by atoms with van der Waals surface area (Å²) in [4.78, 5) is 26.8. The quantitative estimate of drug-likeness (QED) is 0.561. The SMILES string of the molecule is O=C(c1cccc(F)c1-c1ncccn1)N1C[C@@H]2C[C@@H](Nc3ncc(C(F)(F)F)cc3F)[C@@H]1C2. The van der Waals surface area contributed by atoms with Gasteiger partial charge in [-0.2, -0.15) is 13.2 Å². The van der Waals surface area contributed by atoms with E-state index in [9.17, 15) is 26.7 Å². The number of rotatable bonds is 4.